The number of benzene rings is 1. The van der Waals surface area contributed by atoms with Crippen LogP contribution in [0, 0.1) is 0 Å². The van der Waals surface area contributed by atoms with Gasteiger partial charge >= 0.3 is 0 Å². The van der Waals surface area contributed by atoms with Gasteiger partial charge in [-0.2, -0.15) is 0 Å². The van der Waals surface area contributed by atoms with E-state index in [1.54, 1.807) is 6.07 Å². The lowest BCUT2D eigenvalue weighted by atomic mass is 10.1. The molecule has 7 heteroatoms. The van der Waals surface area contributed by atoms with Gasteiger partial charge in [-0.3, -0.25) is 4.79 Å². The molecule has 2 N–H and O–H groups in total. The molecule has 0 bridgehead atoms. The van der Waals surface area contributed by atoms with Crippen molar-refractivity contribution in [3.05, 3.63) is 22.2 Å². The van der Waals surface area contributed by atoms with Crippen molar-refractivity contribution in [1.82, 2.24) is 10.6 Å². The molecular weight excluding hydrogens is 308 g/mol. The van der Waals surface area contributed by atoms with Gasteiger partial charge in [0, 0.05) is 0 Å². The molecule has 0 saturated carbocycles. The number of fused-ring (bicyclic) bond motifs is 1. The lowest BCUT2D eigenvalue weighted by Crippen LogP contribution is -2.21. The minimum Gasteiger partial charge on any atom is -0.454 e. The highest BCUT2D eigenvalue weighted by molar-refractivity contribution is 9.10. The van der Waals surface area contributed by atoms with Crippen LogP contribution in [0.15, 0.2) is 16.6 Å². The Morgan fingerprint density at radius 3 is 2.94 bits per heavy atom. The van der Waals surface area contributed by atoms with E-state index in [1.807, 2.05) is 6.07 Å². The fourth-order valence-corrected chi connectivity index (χ4v) is 2.60. The maximum absolute atomic E-state index is 11.6. The molecular formula is C10H7BrN2O3S. The van der Waals surface area contributed by atoms with E-state index in [4.69, 9.17) is 21.7 Å². The molecule has 1 aromatic rings. The van der Waals surface area contributed by atoms with Gasteiger partial charge in [-0.15, -0.1) is 0 Å². The Hall–Kier alpha value is -1.34. The predicted molar refractivity (Wildman–Crippen MR) is 66.9 cm³/mol. The maximum atomic E-state index is 11.6. The van der Waals surface area contributed by atoms with Crippen molar-refractivity contribution in [3.8, 4) is 11.5 Å². The molecule has 0 radical (unpaired) electrons. The summed E-state index contributed by atoms with van der Waals surface area (Å²) < 4.78 is 11.3. The second-order valence-corrected chi connectivity index (χ2v) is 4.89. The van der Waals surface area contributed by atoms with Crippen LogP contribution in [0.5, 0.6) is 11.5 Å². The van der Waals surface area contributed by atoms with Crippen molar-refractivity contribution < 1.29 is 14.3 Å². The Labute approximate surface area is 111 Å². The van der Waals surface area contributed by atoms with Crippen LogP contribution in [-0.2, 0) is 4.79 Å². The fourth-order valence-electron chi connectivity index (χ4n) is 1.81. The average Bonchev–Trinajstić information content (AvgIpc) is 2.84. The van der Waals surface area contributed by atoms with Crippen molar-refractivity contribution in [2.75, 3.05) is 6.79 Å². The van der Waals surface area contributed by atoms with Gasteiger partial charge in [0.15, 0.2) is 16.6 Å². The number of rotatable bonds is 1. The van der Waals surface area contributed by atoms with Crippen LogP contribution < -0.4 is 20.1 Å². The zero-order valence-corrected chi connectivity index (χ0v) is 10.9. The summed E-state index contributed by atoms with van der Waals surface area (Å²) in [4.78, 5) is 11.6. The zero-order chi connectivity index (χ0) is 12.0. The van der Waals surface area contributed by atoms with Crippen LogP contribution in [0.2, 0.25) is 0 Å². The van der Waals surface area contributed by atoms with Gasteiger partial charge in [-0.25, -0.2) is 0 Å². The molecule has 1 aromatic carbocycles. The monoisotopic (exact) mass is 314 g/mol. The van der Waals surface area contributed by atoms with Crippen LogP contribution in [0.4, 0.5) is 0 Å². The molecule has 2 heterocycles. The largest absolute Gasteiger partial charge is 0.454 e. The molecule has 88 valence electrons. The number of hydrogen-bond donors (Lipinski definition) is 2. The quantitative estimate of drug-likeness (QED) is 0.763. The molecule has 0 spiro atoms. The van der Waals surface area contributed by atoms with Crippen LogP contribution in [0.1, 0.15) is 11.6 Å². The molecule has 1 saturated heterocycles. The highest BCUT2D eigenvalue weighted by atomic mass is 79.9. The third kappa shape index (κ3) is 1.75. The Morgan fingerprint density at radius 2 is 2.24 bits per heavy atom. The minimum atomic E-state index is -0.478. The van der Waals surface area contributed by atoms with Gasteiger partial charge in [0.1, 0.15) is 6.04 Å². The van der Waals surface area contributed by atoms with Crippen molar-refractivity contribution in [2.45, 2.75) is 6.04 Å². The number of nitrogens with one attached hydrogen (secondary N) is 2. The van der Waals surface area contributed by atoms with Crippen molar-refractivity contribution in [1.29, 1.82) is 0 Å². The molecule has 1 atom stereocenters. The third-order valence-corrected chi connectivity index (χ3v) is 3.37. The van der Waals surface area contributed by atoms with Gasteiger partial charge < -0.3 is 20.1 Å². The predicted octanol–water partition coefficient (Wildman–Crippen LogP) is 1.22. The maximum Gasteiger partial charge on any atom is 0.253 e. The number of hydrogen-bond acceptors (Lipinski definition) is 4. The van der Waals surface area contributed by atoms with Crippen molar-refractivity contribution in [2.24, 2.45) is 0 Å². The normalized spacial score (nSPS) is 21.4. The first-order valence-electron chi connectivity index (χ1n) is 4.85. The first-order chi connectivity index (χ1) is 8.15. The van der Waals surface area contributed by atoms with E-state index in [2.05, 4.69) is 26.6 Å². The molecule has 5 nitrogen and oxygen atoms in total. The number of ether oxygens (including phenoxy) is 2. The molecule has 0 aromatic heterocycles. The zero-order valence-electron chi connectivity index (χ0n) is 8.45. The fraction of sp³-hybridized carbons (Fsp3) is 0.200. The smallest absolute Gasteiger partial charge is 0.253 e. The second kappa shape index (κ2) is 3.85. The van der Waals surface area contributed by atoms with Gasteiger partial charge in [0.25, 0.3) is 5.91 Å². The molecule has 2 aliphatic rings. The highest BCUT2D eigenvalue weighted by Gasteiger charge is 2.31. The average molecular weight is 315 g/mol. The summed E-state index contributed by atoms with van der Waals surface area (Å²) in [5, 5.41) is 5.78. The van der Waals surface area contributed by atoms with Crippen LogP contribution in [0.3, 0.4) is 0 Å². The highest BCUT2D eigenvalue weighted by Crippen LogP contribution is 2.41. The third-order valence-electron chi connectivity index (χ3n) is 2.56. The Morgan fingerprint density at radius 1 is 1.41 bits per heavy atom. The summed E-state index contributed by atoms with van der Waals surface area (Å²) in [5.74, 6) is 1.12. The molecule has 0 aliphatic carbocycles. The summed E-state index contributed by atoms with van der Waals surface area (Å²) in [6.45, 7) is 0.195. The molecule has 2 aliphatic heterocycles. The lowest BCUT2D eigenvalue weighted by molar-refractivity contribution is -0.120. The van der Waals surface area contributed by atoms with E-state index in [0.717, 1.165) is 10.0 Å². The van der Waals surface area contributed by atoms with Crippen LogP contribution >= 0.6 is 28.1 Å². The van der Waals surface area contributed by atoms with Crippen molar-refractivity contribution in [3.63, 3.8) is 0 Å². The first kappa shape index (κ1) is 10.8. The molecule has 3 rings (SSSR count). The van der Waals surface area contributed by atoms with E-state index >= 15 is 0 Å². The number of carbonyl (C=O) groups is 1. The van der Waals surface area contributed by atoms with E-state index in [1.165, 1.54) is 0 Å². The lowest BCUT2D eigenvalue weighted by Gasteiger charge is -2.10. The second-order valence-electron chi connectivity index (χ2n) is 3.63. The summed E-state index contributed by atoms with van der Waals surface area (Å²) in [6, 6.07) is 3.12. The number of amides is 1. The number of thiocarbonyl (C=S) groups is 1. The van der Waals surface area contributed by atoms with Crippen LogP contribution in [0.25, 0.3) is 0 Å². The van der Waals surface area contributed by atoms with Gasteiger partial charge in [0.05, 0.1) is 4.47 Å². The standard InChI is InChI=1S/C10H7BrN2O3S/c11-5-1-4(2-6-8(5)16-3-15-6)7-9(14)13-10(17)12-7/h1-2,7H,3H2,(H2,12,13,14,17). The number of halogens is 1. The Bertz CT molecular complexity index is 535. The van der Waals surface area contributed by atoms with Gasteiger partial charge in [-0.05, 0) is 45.8 Å². The van der Waals surface area contributed by atoms with E-state index in [9.17, 15) is 4.79 Å². The van der Waals surface area contributed by atoms with Crippen molar-refractivity contribution >= 4 is 39.2 Å². The van der Waals surface area contributed by atoms with Gasteiger partial charge in [-0.1, -0.05) is 0 Å². The summed E-state index contributed by atoms with van der Waals surface area (Å²) in [5.41, 5.74) is 0.776. The minimum absolute atomic E-state index is 0.166. The van der Waals surface area contributed by atoms with Gasteiger partial charge in [0.2, 0.25) is 6.79 Å². The molecule has 1 fully saturated rings. The summed E-state index contributed by atoms with van der Waals surface area (Å²) >= 11 is 8.28. The van der Waals surface area contributed by atoms with E-state index in [0.29, 0.717) is 16.6 Å². The van der Waals surface area contributed by atoms with E-state index in [-0.39, 0.29) is 12.7 Å². The Balaban J connectivity index is 2.02. The molecule has 17 heavy (non-hydrogen) atoms. The summed E-state index contributed by atoms with van der Waals surface area (Å²) in [7, 11) is 0. The first-order valence-corrected chi connectivity index (χ1v) is 6.05. The van der Waals surface area contributed by atoms with E-state index < -0.39 is 6.04 Å². The topological polar surface area (TPSA) is 59.6 Å². The molecule has 1 amide bonds. The van der Waals surface area contributed by atoms with Crippen LogP contribution in [-0.4, -0.2) is 17.8 Å². The summed E-state index contributed by atoms with van der Waals surface area (Å²) in [6.07, 6.45) is 0. The SMILES string of the molecule is O=C1NC(=S)NC1c1cc(Br)c2c(c1)OCO2. The Kier molecular flexibility index (Phi) is 2.44. The number of carbonyl (C=O) groups excluding carboxylic acids is 1. The molecule has 1 unspecified atom stereocenters.